The van der Waals surface area contributed by atoms with Crippen LogP contribution in [0.25, 0.3) is 10.9 Å². The van der Waals surface area contributed by atoms with Crippen molar-refractivity contribution in [3.63, 3.8) is 0 Å². The number of aromatic nitrogens is 1. The second-order valence-corrected chi connectivity index (χ2v) is 8.66. The molecule has 5 nitrogen and oxygen atoms in total. The van der Waals surface area contributed by atoms with Gasteiger partial charge in [0.2, 0.25) is 10.0 Å². The summed E-state index contributed by atoms with van der Waals surface area (Å²) in [4.78, 5) is 2.39. The average molecular weight is 335 g/mol. The number of nitrogens with one attached hydrogen (secondary N) is 1. The molecule has 0 aliphatic carbocycles. The second kappa shape index (κ2) is 6.26. The van der Waals surface area contributed by atoms with E-state index in [1.54, 1.807) is 0 Å². The van der Waals surface area contributed by atoms with E-state index < -0.39 is 10.0 Å². The monoisotopic (exact) mass is 335 g/mol. The van der Waals surface area contributed by atoms with Crippen LogP contribution < -0.4 is 4.72 Å². The summed E-state index contributed by atoms with van der Waals surface area (Å²) in [5.74, 6) is 0.711. The molecule has 0 saturated carbocycles. The molecular formula is C17H25N3O2S. The largest absolute Gasteiger partial charge is 0.350 e. The van der Waals surface area contributed by atoms with Crippen LogP contribution in [0.1, 0.15) is 17.5 Å². The van der Waals surface area contributed by atoms with Gasteiger partial charge in [0.05, 0.1) is 6.26 Å². The third-order valence-electron chi connectivity index (χ3n) is 4.67. The minimum absolute atomic E-state index is 0.343. The van der Waals surface area contributed by atoms with Crippen molar-refractivity contribution in [1.82, 2.24) is 14.2 Å². The summed E-state index contributed by atoms with van der Waals surface area (Å²) in [5.41, 5.74) is 3.57. The van der Waals surface area contributed by atoms with E-state index >= 15 is 0 Å². The Morgan fingerprint density at radius 1 is 1.30 bits per heavy atom. The first-order valence-corrected chi connectivity index (χ1v) is 9.91. The highest BCUT2D eigenvalue weighted by molar-refractivity contribution is 7.88. The highest BCUT2D eigenvalue weighted by Crippen LogP contribution is 2.27. The minimum atomic E-state index is -3.17. The van der Waals surface area contributed by atoms with Gasteiger partial charge < -0.3 is 9.47 Å². The topological polar surface area (TPSA) is 54.3 Å². The fourth-order valence-corrected chi connectivity index (χ4v) is 3.94. The highest BCUT2D eigenvalue weighted by Gasteiger charge is 2.21. The van der Waals surface area contributed by atoms with E-state index in [1.165, 1.54) is 35.7 Å². The molecule has 1 unspecified atom stereocenters. The SMILES string of the molecule is CN1CCC(Cc2cn(C)c3ccc(CNS(C)(=O)=O)cc23)C1. The van der Waals surface area contributed by atoms with Gasteiger partial charge in [0.15, 0.2) is 0 Å². The number of nitrogens with zero attached hydrogens (tertiary/aromatic N) is 2. The van der Waals surface area contributed by atoms with Gasteiger partial charge in [0.1, 0.15) is 0 Å². The van der Waals surface area contributed by atoms with Gasteiger partial charge in [-0.3, -0.25) is 0 Å². The van der Waals surface area contributed by atoms with Gasteiger partial charge in [-0.2, -0.15) is 0 Å². The van der Waals surface area contributed by atoms with Crippen molar-refractivity contribution in [2.75, 3.05) is 26.4 Å². The predicted molar refractivity (Wildman–Crippen MR) is 93.9 cm³/mol. The van der Waals surface area contributed by atoms with Gasteiger partial charge >= 0.3 is 0 Å². The molecule has 1 aliphatic heterocycles. The maximum Gasteiger partial charge on any atom is 0.209 e. The minimum Gasteiger partial charge on any atom is -0.350 e. The van der Waals surface area contributed by atoms with Crippen LogP contribution in [0, 0.1) is 5.92 Å². The molecule has 0 amide bonds. The summed E-state index contributed by atoms with van der Waals surface area (Å²) in [5, 5.41) is 1.25. The highest BCUT2D eigenvalue weighted by atomic mass is 32.2. The fraction of sp³-hybridized carbons (Fsp3) is 0.529. The lowest BCUT2D eigenvalue weighted by atomic mass is 9.97. The van der Waals surface area contributed by atoms with E-state index in [-0.39, 0.29) is 0 Å². The summed E-state index contributed by atoms with van der Waals surface area (Å²) in [6.45, 7) is 2.68. The Bertz CT molecular complexity index is 811. The Morgan fingerprint density at radius 3 is 2.74 bits per heavy atom. The number of rotatable bonds is 5. The zero-order chi connectivity index (χ0) is 16.6. The summed E-state index contributed by atoms with van der Waals surface area (Å²) in [6.07, 6.45) is 5.75. The van der Waals surface area contributed by atoms with Crippen molar-refractivity contribution in [1.29, 1.82) is 0 Å². The molecule has 2 aromatic rings. The fourth-order valence-electron chi connectivity index (χ4n) is 3.51. The van der Waals surface area contributed by atoms with Crippen LogP contribution in [0.5, 0.6) is 0 Å². The van der Waals surface area contributed by atoms with Crippen molar-refractivity contribution in [2.24, 2.45) is 13.0 Å². The third-order valence-corrected chi connectivity index (χ3v) is 5.34. The molecule has 1 N–H and O–H groups in total. The summed E-state index contributed by atoms with van der Waals surface area (Å²) in [7, 11) is 1.08. The summed E-state index contributed by atoms with van der Waals surface area (Å²) in [6, 6.07) is 6.20. The van der Waals surface area contributed by atoms with Gasteiger partial charge in [0.25, 0.3) is 0 Å². The molecule has 1 saturated heterocycles. The molecule has 1 aromatic carbocycles. The average Bonchev–Trinajstić information content (AvgIpc) is 3.01. The molecule has 6 heteroatoms. The van der Waals surface area contributed by atoms with Gasteiger partial charge in [-0.1, -0.05) is 6.07 Å². The first-order valence-electron chi connectivity index (χ1n) is 8.02. The maximum atomic E-state index is 11.3. The number of sulfonamides is 1. The number of benzene rings is 1. The van der Waals surface area contributed by atoms with Crippen LogP contribution in [0.3, 0.4) is 0 Å². The van der Waals surface area contributed by atoms with Crippen molar-refractivity contribution >= 4 is 20.9 Å². The van der Waals surface area contributed by atoms with Crippen LogP contribution in [-0.2, 0) is 30.0 Å². The quantitative estimate of drug-likeness (QED) is 0.905. The smallest absolute Gasteiger partial charge is 0.209 e. The lowest BCUT2D eigenvalue weighted by Crippen LogP contribution is -2.21. The van der Waals surface area contributed by atoms with Crippen molar-refractivity contribution in [3.05, 3.63) is 35.5 Å². The van der Waals surface area contributed by atoms with Crippen molar-refractivity contribution in [2.45, 2.75) is 19.4 Å². The molecule has 1 aromatic heterocycles. The number of hydrogen-bond donors (Lipinski definition) is 1. The first-order chi connectivity index (χ1) is 10.8. The van der Waals surface area contributed by atoms with Gasteiger partial charge in [-0.05, 0) is 55.6 Å². The van der Waals surface area contributed by atoms with E-state index in [1.807, 2.05) is 6.07 Å². The molecule has 0 radical (unpaired) electrons. The lowest BCUT2D eigenvalue weighted by molar-refractivity contribution is 0.394. The van der Waals surface area contributed by atoms with Crippen LogP contribution >= 0.6 is 0 Å². The Kier molecular flexibility index (Phi) is 4.49. The number of aryl methyl sites for hydroxylation is 1. The zero-order valence-corrected chi connectivity index (χ0v) is 14.9. The third kappa shape index (κ3) is 3.94. The van der Waals surface area contributed by atoms with E-state index in [9.17, 15) is 8.42 Å². The van der Waals surface area contributed by atoms with E-state index in [4.69, 9.17) is 0 Å². The van der Waals surface area contributed by atoms with Gasteiger partial charge in [0, 0.05) is 37.2 Å². The molecule has 3 rings (SSSR count). The number of hydrogen-bond acceptors (Lipinski definition) is 3. The Labute approximate surface area is 138 Å². The van der Waals surface area contributed by atoms with E-state index in [0.29, 0.717) is 12.5 Å². The summed E-state index contributed by atoms with van der Waals surface area (Å²) >= 11 is 0. The Hall–Kier alpha value is -1.37. The Morgan fingerprint density at radius 2 is 2.09 bits per heavy atom. The molecule has 2 heterocycles. The van der Waals surface area contributed by atoms with Crippen LogP contribution in [0.2, 0.25) is 0 Å². The van der Waals surface area contributed by atoms with Gasteiger partial charge in [-0.15, -0.1) is 0 Å². The standard InChI is InChI=1S/C17H25N3O2S/c1-19-7-6-14(11-19)8-15-12-20(2)17-5-4-13(9-16(15)17)10-18-23(3,21)22/h4-5,9,12,14,18H,6-8,10-11H2,1-3H3. The predicted octanol–water partition coefficient (Wildman–Crippen LogP) is 1.72. The summed E-state index contributed by atoms with van der Waals surface area (Å²) < 4.78 is 27.3. The van der Waals surface area contributed by atoms with E-state index in [2.05, 4.69) is 46.6 Å². The number of likely N-dealkylation sites (tertiary alicyclic amines) is 1. The molecule has 0 bridgehead atoms. The normalized spacial score (nSPS) is 19.7. The Balaban J connectivity index is 1.85. The second-order valence-electron chi connectivity index (χ2n) is 6.83. The molecule has 23 heavy (non-hydrogen) atoms. The van der Waals surface area contributed by atoms with Crippen LogP contribution in [0.4, 0.5) is 0 Å². The van der Waals surface area contributed by atoms with Crippen molar-refractivity contribution in [3.8, 4) is 0 Å². The van der Waals surface area contributed by atoms with Gasteiger partial charge in [-0.25, -0.2) is 13.1 Å². The van der Waals surface area contributed by atoms with Crippen molar-refractivity contribution < 1.29 is 8.42 Å². The zero-order valence-electron chi connectivity index (χ0n) is 14.0. The molecule has 1 fully saturated rings. The molecule has 126 valence electrons. The van der Waals surface area contributed by atoms with E-state index in [0.717, 1.165) is 18.5 Å². The molecular weight excluding hydrogens is 310 g/mol. The number of fused-ring (bicyclic) bond motifs is 1. The first kappa shape index (κ1) is 16.5. The lowest BCUT2D eigenvalue weighted by Gasteiger charge is -2.10. The molecule has 0 spiro atoms. The maximum absolute atomic E-state index is 11.3. The van der Waals surface area contributed by atoms with Crippen LogP contribution in [-0.4, -0.2) is 44.3 Å². The molecule has 1 atom stereocenters. The molecule has 1 aliphatic rings. The van der Waals surface area contributed by atoms with Crippen LogP contribution in [0.15, 0.2) is 24.4 Å².